The molecule has 0 saturated carbocycles. The van der Waals surface area contributed by atoms with Gasteiger partial charge in [0.25, 0.3) is 0 Å². The van der Waals surface area contributed by atoms with E-state index in [9.17, 15) is 14.7 Å². The second-order valence-electron chi connectivity index (χ2n) is 6.18. The molecule has 0 unspecified atom stereocenters. The van der Waals surface area contributed by atoms with Crippen molar-refractivity contribution < 1.29 is 24.2 Å². The third-order valence-corrected chi connectivity index (χ3v) is 4.74. The summed E-state index contributed by atoms with van der Waals surface area (Å²) in [7, 11) is 0. The fraction of sp³-hybridized carbons (Fsp3) is 0.200. The molecule has 6 nitrogen and oxygen atoms in total. The van der Waals surface area contributed by atoms with E-state index in [0.29, 0.717) is 0 Å². The minimum Gasteiger partial charge on any atom is -0.497 e. The first kappa shape index (κ1) is 16.2. The van der Waals surface area contributed by atoms with Crippen molar-refractivity contribution in [3.63, 3.8) is 0 Å². The number of carbonyl (C=O) groups is 2. The third kappa shape index (κ3) is 2.69. The van der Waals surface area contributed by atoms with Gasteiger partial charge in [0.05, 0.1) is 6.26 Å². The van der Waals surface area contributed by atoms with E-state index >= 15 is 0 Å². The van der Waals surface area contributed by atoms with Crippen molar-refractivity contribution in [3.05, 3.63) is 72.1 Å². The molecule has 0 fully saturated rings. The van der Waals surface area contributed by atoms with Gasteiger partial charge in [-0.1, -0.05) is 48.5 Å². The van der Waals surface area contributed by atoms with Crippen LogP contribution in [0.15, 0.2) is 61.0 Å². The zero-order chi connectivity index (χ0) is 18.1. The lowest BCUT2D eigenvalue weighted by molar-refractivity contribution is -0.144. The maximum absolute atomic E-state index is 12.4. The van der Waals surface area contributed by atoms with Crippen LogP contribution in [0.25, 0.3) is 11.1 Å². The Morgan fingerprint density at radius 2 is 1.69 bits per heavy atom. The lowest BCUT2D eigenvalue weighted by atomic mass is 9.98. The molecule has 26 heavy (non-hydrogen) atoms. The van der Waals surface area contributed by atoms with Gasteiger partial charge in [-0.05, 0) is 22.3 Å². The normalized spacial score (nSPS) is 18.0. The maximum atomic E-state index is 12.4. The highest BCUT2D eigenvalue weighted by molar-refractivity contribution is 5.82. The number of carboxylic acids is 1. The topological polar surface area (TPSA) is 76.1 Å². The summed E-state index contributed by atoms with van der Waals surface area (Å²) in [4.78, 5) is 24.8. The smallest absolute Gasteiger partial charge is 0.414 e. The summed E-state index contributed by atoms with van der Waals surface area (Å²) in [6, 6.07) is 15.0. The van der Waals surface area contributed by atoms with E-state index in [0.717, 1.165) is 27.2 Å². The van der Waals surface area contributed by atoms with E-state index in [4.69, 9.17) is 9.47 Å². The molecule has 1 atom stereocenters. The van der Waals surface area contributed by atoms with E-state index in [-0.39, 0.29) is 19.1 Å². The molecule has 2 aromatic rings. The van der Waals surface area contributed by atoms with Crippen LogP contribution in [-0.4, -0.2) is 41.3 Å². The summed E-state index contributed by atoms with van der Waals surface area (Å²) in [6.45, 7) is 0.0421. The van der Waals surface area contributed by atoms with Crippen LogP contribution < -0.4 is 0 Å². The van der Waals surface area contributed by atoms with Crippen molar-refractivity contribution in [2.24, 2.45) is 0 Å². The van der Waals surface area contributed by atoms with Gasteiger partial charge in [-0.3, -0.25) is 4.90 Å². The molecule has 0 aromatic heterocycles. The predicted octanol–water partition coefficient (Wildman–Crippen LogP) is 3.19. The van der Waals surface area contributed by atoms with Crippen LogP contribution >= 0.6 is 0 Å². The Kier molecular flexibility index (Phi) is 4.08. The number of rotatable bonds is 3. The van der Waals surface area contributed by atoms with Gasteiger partial charge in [0, 0.05) is 12.1 Å². The van der Waals surface area contributed by atoms with E-state index < -0.39 is 18.1 Å². The number of hydrogen-bond donors (Lipinski definition) is 1. The Hall–Kier alpha value is -3.28. The van der Waals surface area contributed by atoms with Gasteiger partial charge in [0.2, 0.25) is 0 Å². The number of carbonyl (C=O) groups excluding carboxylic acids is 1. The molecule has 1 heterocycles. The van der Waals surface area contributed by atoms with Crippen LogP contribution in [0.3, 0.4) is 0 Å². The predicted molar refractivity (Wildman–Crippen MR) is 93.4 cm³/mol. The van der Waals surface area contributed by atoms with Crippen molar-refractivity contribution in [2.45, 2.75) is 12.0 Å². The standard InChI is InChI=1S/C20H17NO5/c22-19(23)18-12-25-10-9-21(18)20(24)26-11-17-15-7-3-1-5-13(15)14-6-2-4-8-16(14)17/h1-10,17-18H,11-12H2,(H,22,23)/t18-/m0/s1. The van der Waals surface area contributed by atoms with Crippen molar-refractivity contribution in [3.8, 4) is 11.1 Å². The fourth-order valence-corrected chi connectivity index (χ4v) is 3.49. The first-order valence-electron chi connectivity index (χ1n) is 8.31. The minimum atomic E-state index is -1.14. The summed E-state index contributed by atoms with van der Waals surface area (Å²) in [5.41, 5.74) is 4.49. The van der Waals surface area contributed by atoms with Crippen molar-refractivity contribution in [2.75, 3.05) is 13.2 Å². The van der Waals surface area contributed by atoms with Crippen LogP contribution in [-0.2, 0) is 14.3 Å². The zero-order valence-corrected chi connectivity index (χ0v) is 13.9. The van der Waals surface area contributed by atoms with Crippen molar-refractivity contribution >= 4 is 12.1 Å². The lowest BCUT2D eigenvalue weighted by Crippen LogP contribution is -2.46. The van der Waals surface area contributed by atoms with Crippen molar-refractivity contribution in [1.82, 2.24) is 4.90 Å². The van der Waals surface area contributed by atoms with Crippen LogP contribution in [0.4, 0.5) is 4.79 Å². The van der Waals surface area contributed by atoms with Crippen LogP contribution in [0.5, 0.6) is 0 Å². The van der Waals surface area contributed by atoms with E-state index in [1.807, 2.05) is 36.4 Å². The summed E-state index contributed by atoms with van der Waals surface area (Å²) in [6.07, 6.45) is 1.89. The molecule has 0 bridgehead atoms. The number of aliphatic carboxylic acids is 1. The number of benzene rings is 2. The molecule has 1 aliphatic heterocycles. The van der Waals surface area contributed by atoms with E-state index in [1.165, 1.54) is 12.5 Å². The summed E-state index contributed by atoms with van der Waals surface area (Å²) >= 11 is 0. The molecular formula is C20H17NO5. The number of amides is 1. The summed E-state index contributed by atoms with van der Waals surface area (Å²) < 4.78 is 10.5. The van der Waals surface area contributed by atoms with Gasteiger partial charge in [-0.15, -0.1) is 0 Å². The highest BCUT2D eigenvalue weighted by Gasteiger charge is 2.34. The number of fused-ring (bicyclic) bond motifs is 3. The molecule has 1 N–H and O–H groups in total. The second kappa shape index (κ2) is 6.55. The molecule has 1 amide bonds. The van der Waals surface area contributed by atoms with Gasteiger partial charge >= 0.3 is 12.1 Å². The molecular weight excluding hydrogens is 334 g/mol. The minimum absolute atomic E-state index is 0.0698. The molecule has 0 spiro atoms. The van der Waals surface area contributed by atoms with Gasteiger partial charge in [-0.2, -0.15) is 0 Å². The molecule has 132 valence electrons. The molecule has 2 aromatic carbocycles. The summed E-state index contributed by atoms with van der Waals surface area (Å²) in [5, 5.41) is 9.23. The molecule has 0 saturated heterocycles. The zero-order valence-electron chi connectivity index (χ0n) is 13.9. The van der Waals surface area contributed by atoms with E-state index in [2.05, 4.69) is 12.1 Å². The quantitative estimate of drug-likeness (QED) is 0.919. The number of nitrogens with zero attached hydrogens (tertiary/aromatic N) is 1. The van der Waals surface area contributed by atoms with Crippen LogP contribution in [0.1, 0.15) is 17.0 Å². The molecule has 4 rings (SSSR count). The Morgan fingerprint density at radius 1 is 1.08 bits per heavy atom. The first-order chi connectivity index (χ1) is 12.7. The Labute approximate surface area is 150 Å². The first-order valence-corrected chi connectivity index (χ1v) is 8.31. The average Bonchev–Trinajstić information content (AvgIpc) is 3.00. The van der Waals surface area contributed by atoms with Gasteiger partial charge in [0.15, 0.2) is 6.04 Å². The SMILES string of the molecule is O=C(O)[C@@H]1COC=CN1C(=O)OCC1c2ccccc2-c2ccccc21. The van der Waals surface area contributed by atoms with Gasteiger partial charge in [0.1, 0.15) is 13.2 Å². The maximum Gasteiger partial charge on any atom is 0.414 e. The van der Waals surface area contributed by atoms with Crippen LogP contribution in [0.2, 0.25) is 0 Å². The second-order valence-corrected chi connectivity index (χ2v) is 6.18. The molecule has 6 heteroatoms. The fourth-order valence-electron chi connectivity index (χ4n) is 3.49. The number of carboxylic acid groups (broad SMARTS) is 1. The van der Waals surface area contributed by atoms with E-state index in [1.54, 1.807) is 0 Å². The third-order valence-electron chi connectivity index (χ3n) is 4.74. The Balaban J connectivity index is 1.55. The number of ether oxygens (including phenoxy) is 2. The highest BCUT2D eigenvalue weighted by atomic mass is 16.6. The summed E-state index contributed by atoms with van der Waals surface area (Å²) in [5.74, 6) is -1.21. The van der Waals surface area contributed by atoms with Crippen LogP contribution in [0, 0.1) is 0 Å². The number of hydrogen-bond acceptors (Lipinski definition) is 4. The molecule has 2 aliphatic rings. The monoisotopic (exact) mass is 351 g/mol. The van der Waals surface area contributed by atoms with Gasteiger partial charge < -0.3 is 14.6 Å². The average molecular weight is 351 g/mol. The lowest BCUT2D eigenvalue weighted by Gasteiger charge is -2.28. The Morgan fingerprint density at radius 3 is 2.31 bits per heavy atom. The molecule has 1 aliphatic carbocycles. The Bertz CT molecular complexity index is 846. The molecule has 0 radical (unpaired) electrons. The largest absolute Gasteiger partial charge is 0.497 e. The van der Waals surface area contributed by atoms with Gasteiger partial charge in [-0.25, -0.2) is 9.59 Å². The highest BCUT2D eigenvalue weighted by Crippen LogP contribution is 2.44. The van der Waals surface area contributed by atoms with Crippen molar-refractivity contribution in [1.29, 1.82) is 0 Å².